The van der Waals surface area contributed by atoms with E-state index < -0.39 is 18.0 Å². The summed E-state index contributed by atoms with van der Waals surface area (Å²) in [7, 11) is 3.57. The molecule has 1 rings (SSSR count). The van der Waals surface area contributed by atoms with Crippen LogP contribution in [-0.4, -0.2) is 46.6 Å². The summed E-state index contributed by atoms with van der Waals surface area (Å²) in [5.74, 6) is 0. The second-order valence-corrected chi connectivity index (χ2v) is 4.26. The third-order valence-corrected chi connectivity index (χ3v) is 2.45. The van der Waals surface area contributed by atoms with Crippen LogP contribution in [0.3, 0.4) is 0 Å². The first-order valence-electron chi connectivity index (χ1n) is 4.84. The first-order valence-corrected chi connectivity index (χ1v) is 5.22. The van der Waals surface area contributed by atoms with Gasteiger partial charge in [-0.2, -0.15) is 18.3 Å². The van der Waals surface area contributed by atoms with Gasteiger partial charge >= 0.3 is 6.18 Å². The van der Waals surface area contributed by atoms with Crippen molar-refractivity contribution in [3.63, 3.8) is 0 Å². The quantitative estimate of drug-likeness (QED) is 0.906. The standard InChI is InChI=1S/C9H13ClF3N3O/c1-15(2)3-4-16-7(6(10)5-14-16)8(17)9(11,12)13/h5,8,17H,3-4H2,1-2H3/t8-/m1/s1. The van der Waals surface area contributed by atoms with Gasteiger partial charge in [0.05, 0.1) is 23.5 Å². The molecule has 0 aliphatic rings. The van der Waals surface area contributed by atoms with Crippen molar-refractivity contribution in [2.24, 2.45) is 0 Å². The summed E-state index contributed by atoms with van der Waals surface area (Å²) in [4.78, 5) is 1.79. The van der Waals surface area contributed by atoms with Crippen LogP contribution in [0.2, 0.25) is 5.02 Å². The molecule has 0 radical (unpaired) electrons. The van der Waals surface area contributed by atoms with Gasteiger partial charge in [-0.3, -0.25) is 4.68 Å². The molecule has 17 heavy (non-hydrogen) atoms. The SMILES string of the molecule is CN(C)CCn1ncc(Cl)c1[C@@H](O)C(F)(F)F. The van der Waals surface area contributed by atoms with Gasteiger partial charge in [0.2, 0.25) is 0 Å². The maximum atomic E-state index is 12.4. The van der Waals surface area contributed by atoms with Gasteiger partial charge in [0.1, 0.15) is 0 Å². The van der Waals surface area contributed by atoms with E-state index in [0.29, 0.717) is 6.54 Å². The number of aliphatic hydroxyl groups is 1. The summed E-state index contributed by atoms with van der Waals surface area (Å²) in [6.45, 7) is 0.720. The summed E-state index contributed by atoms with van der Waals surface area (Å²) in [6.07, 6.45) is -6.26. The minimum atomic E-state index is -4.75. The highest BCUT2D eigenvalue weighted by molar-refractivity contribution is 6.31. The number of aromatic nitrogens is 2. The highest BCUT2D eigenvalue weighted by Crippen LogP contribution is 2.35. The lowest BCUT2D eigenvalue weighted by Crippen LogP contribution is -2.26. The summed E-state index contributed by atoms with van der Waals surface area (Å²) < 4.78 is 38.3. The Morgan fingerprint density at radius 1 is 1.53 bits per heavy atom. The van der Waals surface area contributed by atoms with Gasteiger partial charge in [0.15, 0.2) is 6.10 Å². The van der Waals surface area contributed by atoms with E-state index in [1.807, 2.05) is 0 Å². The molecular formula is C9H13ClF3N3O. The molecule has 0 amide bonds. The molecule has 8 heteroatoms. The number of likely N-dealkylation sites (N-methyl/N-ethyl adjacent to an activating group) is 1. The van der Waals surface area contributed by atoms with Crippen molar-refractivity contribution in [2.45, 2.75) is 18.8 Å². The highest BCUT2D eigenvalue weighted by Gasteiger charge is 2.42. The van der Waals surface area contributed by atoms with Gasteiger partial charge in [0, 0.05) is 6.54 Å². The van der Waals surface area contributed by atoms with Crippen molar-refractivity contribution in [1.82, 2.24) is 14.7 Å². The fraction of sp³-hybridized carbons (Fsp3) is 0.667. The van der Waals surface area contributed by atoms with Crippen molar-refractivity contribution in [2.75, 3.05) is 20.6 Å². The van der Waals surface area contributed by atoms with Crippen molar-refractivity contribution in [3.05, 3.63) is 16.9 Å². The van der Waals surface area contributed by atoms with Crippen LogP contribution >= 0.6 is 11.6 Å². The van der Waals surface area contributed by atoms with E-state index in [1.54, 1.807) is 19.0 Å². The summed E-state index contributed by atoms with van der Waals surface area (Å²) in [5.41, 5.74) is -0.416. The Labute approximate surface area is 102 Å². The van der Waals surface area contributed by atoms with Crippen LogP contribution < -0.4 is 0 Å². The van der Waals surface area contributed by atoms with Gasteiger partial charge in [-0.25, -0.2) is 0 Å². The fourth-order valence-corrected chi connectivity index (χ4v) is 1.52. The Bertz CT molecular complexity index is 378. The van der Waals surface area contributed by atoms with E-state index in [4.69, 9.17) is 11.6 Å². The lowest BCUT2D eigenvalue weighted by atomic mass is 10.2. The zero-order chi connectivity index (χ0) is 13.2. The minimum absolute atomic E-state index is 0.186. The number of nitrogens with zero attached hydrogens (tertiary/aromatic N) is 3. The Balaban J connectivity index is 2.94. The van der Waals surface area contributed by atoms with Gasteiger partial charge < -0.3 is 10.0 Å². The monoisotopic (exact) mass is 271 g/mol. The predicted octanol–water partition coefficient (Wildman–Crippen LogP) is 1.69. The Morgan fingerprint density at radius 3 is 2.59 bits per heavy atom. The number of alkyl halides is 3. The van der Waals surface area contributed by atoms with Crippen LogP contribution in [0.1, 0.15) is 11.8 Å². The second-order valence-electron chi connectivity index (χ2n) is 3.85. The molecule has 98 valence electrons. The number of hydrogen-bond donors (Lipinski definition) is 1. The van der Waals surface area contributed by atoms with Crippen molar-refractivity contribution >= 4 is 11.6 Å². The normalized spacial score (nSPS) is 14.4. The first-order chi connectivity index (χ1) is 7.73. The molecule has 4 nitrogen and oxygen atoms in total. The Kier molecular flexibility index (Phi) is 4.40. The molecule has 0 unspecified atom stereocenters. The van der Waals surface area contributed by atoms with E-state index >= 15 is 0 Å². The molecule has 1 N–H and O–H groups in total. The molecular weight excluding hydrogens is 259 g/mol. The molecule has 0 aromatic carbocycles. The minimum Gasteiger partial charge on any atom is -0.378 e. The van der Waals surface area contributed by atoms with Gasteiger partial charge in [-0.05, 0) is 14.1 Å². The average Bonchev–Trinajstić information content (AvgIpc) is 2.54. The van der Waals surface area contributed by atoms with E-state index in [-0.39, 0.29) is 11.6 Å². The van der Waals surface area contributed by atoms with Gasteiger partial charge in [-0.1, -0.05) is 11.6 Å². The Hall–Kier alpha value is -0.790. The number of rotatable bonds is 4. The van der Waals surface area contributed by atoms with Crippen LogP contribution in [0.5, 0.6) is 0 Å². The molecule has 0 aliphatic heterocycles. The summed E-state index contributed by atoms with van der Waals surface area (Å²) in [6, 6.07) is 0. The predicted molar refractivity (Wildman–Crippen MR) is 56.8 cm³/mol. The maximum Gasteiger partial charge on any atom is 0.420 e. The van der Waals surface area contributed by atoms with Gasteiger partial charge in [-0.15, -0.1) is 0 Å². The molecule has 0 saturated carbocycles. The zero-order valence-corrected chi connectivity index (χ0v) is 10.1. The van der Waals surface area contributed by atoms with Crippen LogP contribution in [0.15, 0.2) is 6.20 Å². The zero-order valence-electron chi connectivity index (χ0n) is 9.37. The Morgan fingerprint density at radius 2 is 2.12 bits per heavy atom. The molecule has 1 heterocycles. The number of halogens is 4. The molecule has 1 aromatic rings. The third kappa shape index (κ3) is 3.58. The van der Waals surface area contributed by atoms with Crippen LogP contribution in [-0.2, 0) is 6.54 Å². The topological polar surface area (TPSA) is 41.3 Å². The molecule has 0 aliphatic carbocycles. The first kappa shape index (κ1) is 14.3. The molecule has 0 fully saturated rings. The third-order valence-electron chi connectivity index (χ3n) is 2.16. The van der Waals surface area contributed by atoms with Crippen molar-refractivity contribution in [3.8, 4) is 0 Å². The average molecular weight is 272 g/mol. The van der Waals surface area contributed by atoms with Crippen LogP contribution in [0, 0.1) is 0 Å². The molecule has 0 saturated heterocycles. The second kappa shape index (κ2) is 5.24. The summed E-state index contributed by atoms with van der Waals surface area (Å²) >= 11 is 5.60. The maximum absolute atomic E-state index is 12.4. The number of aliphatic hydroxyl groups excluding tert-OH is 1. The smallest absolute Gasteiger partial charge is 0.378 e. The highest BCUT2D eigenvalue weighted by atomic mass is 35.5. The summed E-state index contributed by atoms with van der Waals surface area (Å²) in [5, 5.41) is 12.7. The van der Waals surface area contributed by atoms with Gasteiger partial charge in [0.25, 0.3) is 0 Å². The van der Waals surface area contributed by atoms with E-state index in [1.165, 1.54) is 0 Å². The molecule has 0 spiro atoms. The molecule has 0 bridgehead atoms. The van der Waals surface area contributed by atoms with E-state index in [9.17, 15) is 18.3 Å². The molecule has 1 atom stereocenters. The van der Waals surface area contributed by atoms with Crippen LogP contribution in [0.4, 0.5) is 13.2 Å². The fourth-order valence-electron chi connectivity index (χ4n) is 1.27. The number of hydrogen-bond acceptors (Lipinski definition) is 3. The molecule has 1 aromatic heterocycles. The van der Waals surface area contributed by atoms with E-state index in [0.717, 1.165) is 10.9 Å². The lowest BCUT2D eigenvalue weighted by molar-refractivity contribution is -0.208. The van der Waals surface area contributed by atoms with Crippen molar-refractivity contribution in [1.29, 1.82) is 0 Å². The van der Waals surface area contributed by atoms with E-state index in [2.05, 4.69) is 5.10 Å². The largest absolute Gasteiger partial charge is 0.420 e. The van der Waals surface area contributed by atoms with Crippen molar-refractivity contribution < 1.29 is 18.3 Å². The lowest BCUT2D eigenvalue weighted by Gasteiger charge is -2.18. The van der Waals surface area contributed by atoms with Crippen LogP contribution in [0.25, 0.3) is 0 Å².